The predicted octanol–water partition coefficient (Wildman–Crippen LogP) is 1.91. The van der Waals surface area contributed by atoms with E-state index >= 15 is 0 Å². The van der Waals surface area contributed by atoms with E-state index in [2.05, 4.69) is 0 Å². The van der Waals surface area contributed by atoms with Crippen LogP contribution in [0.3, 0.4) is 0 Å². The molecule has 0 spiro atoms. The van der Waals surface area contributed by atoms with Crippen molar-refractivity contribution < 1.29 is 0 Å². The maximum atomic E-state index is 6.51. The molecule has 0 unspecified atom stereocenters. The first-order valence-electron chi connectivity index (χ1n) is 5.10. The minimum absolute atomic E-state index is 0.333. The maximum Gasteiger partial charge on any atom is 0.0240 e. The summed E-state index contributed by atoms with van der Waals surface area (Å²) in [5.74, 6) is 2.80. The lowest BCUT2D eigenvalue weighted by Gasteiger charge is -2.29. The quantitative estimate of drug-likeness (QED) is 0.655. The van der Waals surface area contributed by atoms with Crippen molar-refractivity contribution in [1.82, 2.24) is 0 Å². The Kier molecular flexibility index (Phi) is 1.07. The molecule has 3 rings (SSSR count). The molecule has 1 nitrogen and oxygen atoms in total. The summed E-state index contributed by atoms with van der Waals surface area (Å²) in [7, 11) is 0. The van der Waals surface area contributed by atoms with Gasteiger partial charge in [-0.1, -0.05) is 0 Å². The van der Waals surface area contributed by atoms with E-state index in [-0.39, 0.29) is 0 Å². The molecule has 0 aromatic rings. The molecule has 3 fully saturated rings. The van der Waals surface area contributed by atoms with Gasteiger partial charge in [-0.05, 0) is 56.3 Å². The second kappa shape index (κ2) is 1.82. The molecule has 0 aromatic carbocycles. The molecule has 0 amide bonds. The van der Waals surface area contributed by atoms with Gasteiger partial charge in [-0.2, -0.15) is 0 Å². The molecule has 0 atom stereocenters. The van der Waals surface area contributed by atoms with Crippen LogP contribution in [0.2, 0.25) is 0 Å². The molecule has 0 aliphatic heterocycles. The Balaban J connectivity index is 1.82. The van der Waals surface area contributed by atoms with Gasteiger partial charge in [0.1, 0.15) is 0 Å². The standard InChI is InChI=1S/C10H17N/c11-10(7-1-2-7,8-3-4-8)9-5-6-9/h7-9H,1-6,11H2. The minimum atomic E-state index is 0.333. The fraction of sp³-hybridized carbons (Fsp3) is 1.00. The molecule has 0 saturated heterocycles. The van der Waals surface area contributed by atoms with Crippen LogP contribution in [-0.4, -0.2) is 5.54 Å². The van der Waals surface area contributed by atoms with Crippen LogP contribution >= 0.6 is 0 Å². The lowest BCUT2D eigenvalue weighted by Crippen LogP contribution is -2.46. The highest BCUT2D eigenvalue weighted by atomic mass is 14.9. The average molecular weight is 151 g/mol. The van der Waals surface area contributed by atoms with Gasteiger partial charge >= 0.3 is 0 Å². The van der Waals surface area contributed by atoms with Gasteiger partial charge in [0.15, 0.2) is 0 Å². The Morgan fingerprint density at radius 1 is 0.727 bits per heavy atom. The third-order valence-electron chi connectivity index (χ3n) is 3.85. The van der Waals surface area contributed by atoms with Crippen LogP contribution < -0.4 is 5.73 Å². The number of nitrogens with two attached hydrogens (primary N) is 1. The van der Waals surface area contributed by atoms with E-state index in [0.29, 0.717) is 5.54 Å². The van der Waals surface area contributed by atoms with E-state index in [4.69, 9.17) is 5.73 Å². The molecule has 3 aliphatic carbocycles. The van der Waals surface area contributed by atoms with Gasteiger partial charge in [0.25, 0.3) is 0 Å². The molecule has 1 heteroatoms. The molecule has 2 N–H and O–H groups in total. The van der Waals surface area contributed by atoms with E-state index < -0.39 is 0 Å². The van der Waals surface area contributed by atoms with Crippen molar-refractivity contribution in [3.63, 3.8) is 0 Å². The molecule has 0 bridgehead atoms. The Bertz CT molecular complexity index is 144. The molecular formula is C10H17N. The van der Waals surface area contributed by atoms with Crippen molar-refractivity contribution in [3.05, 3.63) is 0 Å². The maximum absolute atomic E-state index is 6.51. The molecule has 3 saturated carbocycles. The van der Waals surface area contributed by atoms with Gasteiger partial charge in [-0.15, -0.1) is 0 Å². The Morgan fingerprint density at radius 2 is 1.00 bits per heavy atom. The van der Waals surface area contributed by atoms with Crippen LogP contribution in [0, 0.1) is 17.8 Å². The highest BCUT2D eigenvalue weighted by Gasteiger charge is 2.58. The molecule has 0 aromatic heterocycles. The SMILES string of the molecule is NC(C1CC1)(C1CC1)C1CC1. The van der Waals surface area contributed by atoms with Crippen LogP contribution in [0.25, 0.3) is 0 Å². The van der Waals surface area contributed by atoms with Crippen LogP contribution in [0.15, 0.2) is 0 Å². The van der Waals surface area contributed by atoms with Gasteiger partial charge in [0, 0.05) is 5.54 Å². The van der Waals surface area contributed by atoms with Crippen LogP contribution in [-0.2, 0) is 0 Å². The predicted molar refractivity (Wildman–Crippen MR) is 45.1 cm³/mol. The van der Waals surface area contributed by atoms with Gasteiger partial charge in [0.2, 0.25) is 0 Å². The highest BCUT2D eigenvalue weighted by molar-refractivity contribution is 5.13. The van der Waals surface area contributed by atoms with Crippen molar-refractivity contribution in [3.8, 4) is 0 Å². The third-order valence-corrected chi connectivity index (χ3v) is 3.85. The largest absolute Gasteiger partial charge is 0.324 e. The second-order valence-corrected chi connectivity index (χ2v) is 4.82. The zero-order valence-corrected chi connectivity index (χ0v) is 7.05. The first-order chi connectivity index (χ1) is 5.32. The lowest BCUT2D eigenvalue weighted by atomic mass is 9.83. The van der Waals surface area contributed by atoms with Crippen LogP contribution in [0.4, 0.5) is 0 Å². The number of hydrogen-bond acceptors (Lipinski definition) is 1. The zero-order chi connectivity index (χ0) is 7.47. The molecule has 62 valence electrons. The lowest BCUT2D eigenvalue weighted by molar-refractivity contribution is 0.277. The van der Waals surface area contributed by atoms with E-state index in [0.717, 1.165) is 17.8 Å². The summed E-state index contributed by atoms with van der Waals surface area (Å²) in [6.45, 7) is 0. The van der Waals surface area contributed by atoms with Crippen LogP contribution in [0.5, 0.6) is 0 Å². The van der Waals surface area contributed by atoms with Gasteiger partial charge in [-0.3, -0.25) is 0 Å². The van der Waals surface area contributed by atoms with E-state index in [1.165, 1.54) is 38.5 Å². The fourth-order valence-corrected chi connectivity index (χ4v) is 2.75. The monoisotopic (exact) mass is 151 g/mol. The molecule has 0 radical (unpaired) electrons. The first-order valence-corrected chi connectivity index (χ1v) is 5.10. The van der Waals surface area contributed by atoms with Crippen LogP contribution in [0.1, 0.15) is 38.5 Å². The van der Waals surface area contributed by atoms with E-state index in [1.54, 1.807) is 0 Å². The minimum Gasteiger partial charge on any atom is -0.324 e. The first kappa shape index (κ1) is 6.47. The summed E-state index contributed by atoms with van der Waals surface area (Å²) in [6.07, 6.45) is 8.60. The van der Waals surface area contributed by atoms with E-state index in [1.807, 2.05) is 0 Å². The van der Waals surface area contributed by atoms with Crippen molar-refractivity contribution in [2.45, 2.75) is 44.1 Å². The molecule has 0 heterocycles. The Morgan fingerprint density at radius 3 is 1.18 bits per heavy atom. The van der Waals surface area contributed by atoms with Crippen molar-refractivity contribution >= 4 is 0 Å². The smallest absolute Gasteiger partial charge is 0.0240 e. The normalized spacial score (nSPS) is 32.5. The topological polar surface area (TPSA) is 26.0 Å². The highest BCUT2D eigenvalue weighted by Crippen LogP contribution is 2.59. The van der Waals surface area contributed by atoms with Crippen molar-refractivity contribution in [1.29, 1.82) is 0 Å². The summed E-state index contributed by atoms with van der Waals surface area (Å²) < 4.78 is 0. The van der Waals surface area contributed by atoms with E-state index in [9.17, 15) is 0 Å². The van der Waals surface area contributed by atoms with Crippen molar-refractivity contribution in [2.24, 2.45) is 23.5 Å². The summed E-state index contributed by atoms with van der Waals surface area (Å²) in [4.78, 5) is 0. The average Bonchev–Trinajstić information content (AvgIpc) is 2.81. The molecule has 3 aliphatic rings. The second-order valence-electron chi connectivity index (χ2n) is 4.82. The Hall–Kier alpha value is -0.0400. The summed E-state index contributed by atoms with van der Waals surface area (Å²) in [5.41, 5.74) is 6.85. The summed E-state index contributed by atoms with van der Waals surface area (Å²) in [5, 5.41) is 0. The van der Waals surface area contributed by atoms with Gasteiger partial charge in [-0.25, -0.2) is 0 Å². The molecule has 11 heavy (non-hydrogen) atoms. The fourth-order valence-electron chi connectivity index (χ4n) is 2.75. The summed E-state index contributed by atoms with van der Waals surface area (Å²) in [6, 6.07) is 0. The Labute approximate surface area is 68.3 Å². The summed E-state index contributed by atoms with van der Waals surface area (Å²) >= 11 is 0. The van der Waals surface area contributed by atoms with Gasteiger partial charge < -0.3 is 5.73 Å². The third kappa shape index (κ3) is 0.868. The number of hydrogen-bond donors (Lipinski definition) is 1. The van der Waals surface area contributed by atoms with Crippen molar-refractivity contribution in [2.75, 3.05) is 0 Å². The number of rotatable bonds is 3. The molecular weight excluding hydrogens is 134 g/mol. The van der Waals surface area contributed by atoms with Gasteiger partial charge in [0.05, 0.1) is 0 Å². The zero-order valence-electron chi connectivity index (χ0n) is 7.05.